The quantitative estimate of drug-likeness (QED) is 0.706. The van der Waals surface area contributed by atoms with Crippen LogP contribution in [0.25, 0.3) is 0 Å². The van der Waals surface area contributed by atoms with Gasteiger partial charge in [-0.25, -0.2) is 4.98 Å². The Morgan fingerprint density at radius 3 is 2.90 bits per heavy atom. The van der Waals surface area contributed by atoms with Crippen LogP contribution in [0, 0.1) is 0 Å². The van der Waals surface area contributed by atoms with E-state index in [1.165, 1.54) is 13.3 Å². The maximum atomic E-state index is 11.9. The van der Waals surface area contributed by atoms with Gasteiger partial charge in [0, 0.05) is 18.0 Å². The Hall–Kier alpha value is -2.64. The van der Waals surface area contributed by atoms with Gasteiger partial charge in [-0.3, -0.25) is 20.7 Å². The van der Waals surface area contributed by atoms with Crippen LogP contribution >= 0.6 is 0 Å². The molecule has 0 spiro atoms. The number of hydrogen-bond acceptors (Lipinski definition) is 6. The molecule has 0 unspecified atom stereocenters. The summed E-state index contributed by atoms with van der Waals surface area (Å²) in [6, 6.07) is 3.31. The topological polar surface area (TPSA) is 105 Å². The molecule has 0 saturated carbocycles. The number of aromatic nitrogens is 4. The van der Waals surface area contributed by atoms with Crippen molar-refractivity contribution in [3.8, 4) is 5.88 Å². The lowest BCUT2D eigenvalue weighted by molar-refractivity contribution is 0.0957. The lowest BCUT2D eigenvalue weighted by Crippen LogP contribution is -2.30. The Bertz CT molecular complexity index is 595. The molecule has 0 radical (unpaired) electrons. The third kappa shape index (κ3) is 3.22. The Morgan fingerprint density at radius 2 is 2.25 bits per heavy atom. The van der Waals surface area contributed by atoms with Crippen LogP contribution in [0.4, 0.5) is 5.95 Å². The van der Waals surface area contributed by atoms with Crippen LogP contribution in [0.2, 0.25) is 0 Å². The molecule has 2 aromatic rings. The third-order valence-electron chi connectivity index (χ3n) is 2.58. The first kappa shape index (κ1) is 13.8. The zero-order valence-electron chi connectivity index (χ0n) is 11.5. The van der Waals surface area contributed by atoms with E-state index in [0.29, 0.717) is 11.6 Å². The minimum atomic E-state index is -0.375. The van der Waals surface area contributed by atoms with Crippen LogP contribution < -0.4 is 15.6 Å². The molecule has 0 bridgehead atoms. The van der Waals surface area contributed by atoms with E-state index in [4.69, 9.17) is 4.74 Å². The van der Waals surface area contributed by atoms with Gasteiger partial charge < -0.3 is 4.74 Å². The number of aromatic amines is 1. The first-order valence-corrected chi connectivity index (χ1v) is 6.09. The second-order valence-electron chi connectivity index (χ2n) is 4.36. The molecule has 0 aliphatic heterocycles. The van der Waals surface area contributed by atoms with Gasteiger partial charge in [0.15, 0.2) is 5.69 Å². The molecule has 0 aliphatic rings. The average molecular weight is 276 g/mol. The van der Waals surface area contributed by atoms with Gasteiger partial charge in [-0.1, -0.05) is 13.8 Å². The van der Waals surface area contributed by atoms with Crippen molar-refractivity contribution < 1.29 is 9.53 Å². The number of carbonyl (C=O) groups is 1. The molecule has 0 atom stereocenters. The van der Waals surface area contributed by atoms with Crippen LogP contribution in [0.5, 0.6) is 5.88 Å². The Morgan fingerprint density at radius 1 is 1.45 bits per heavy atom. The summed E-state index contributed by atoms with van der Waals surface area (Å²) in [7, 11) is 1.50. The summed E-state index contributed by atoms with van der Waals surface area (Å²) in [4.78, 5) is 19.8. The molecule has 8 heteroatoms. The van der Waals surface area contributed by atoms with E-state index in [1.807, 2.05) is 13.8 Å². The molecular weight excluding hydrogens is 260 g/mol. The van der Waals surface area contributed by atoms with Crippen LogP contribution in [0.15, 0.2) is 18.3 Å². The number of amides is 1. The molecule has 106 valence electrons. The maximum absolute atomic E-state index is 11.9. The SMILES string of the molecule is COc1ccnc(NNC(=O)c2cc(C(C)C)[nH]n2)n1. The van der Waals surface area contributed by atoms with Gasteiger partial charge in [-0.05, 0) is 12.0 Å². The number of hydrazine groups is 1. The number of nitrogens with one attached hydrogen (secondary N) is 3. The predicted molar refractivity (Wildman–Crippen MR) is 72.3 cm³/mol. The highest BCUT2D eigenvalue weighted by Gasteiger charge is 2.12. The summed E-state index contributed by atoms with van der Waals surface area (Å²) in [6.45, 7) is 4.02. The largest absolute Gasteiger partial charge is 0.481 e. The van der Waals surface area contributed by atoms with Crippen molar-refractivity contribution in [1.82, 2.24) is 25.6 Å². The summed E-state index contributed by atoms with van der Waals surface area (Å²) in [6.07, 6.45) is 1.52. The molecular formula is C12H16N6O2. The van der Waals surface area contributed by atoms with E-state index in [2.05, 4.69) is 31.0 Å². The van der Waals surface area contributed by atoms with Crippen molar-refractivity contribution >= 4 is 11.9 Å². The normalized spacial score (nSPS) is 10.4. The van der Waals surface area contributed by atoms with Gasteiger partial charge in [0.25, 0.3) is 5.91 Å². The van der Waals surface area contributed by atoms with Crippen LogP contribution in [-0.2, 0) is 0 Å². The molecule has 0 aliphatic carbocycles. The maximum Gasteiger partial charge on any atom is 0.290 e. The highest BCUT2D eigenvalue weighted by atomic mass is 16.5. The van der Waals surface area contributed by atoms with Crippen molar-refractivity contribution in [3.05, 3.63) is 29.7 Å². The van der Waals surface area contributed by atoms with Crippen molar-refractivity contribution in [1.29, 1.82) is 0 Å². The summed E-state index contributed by atoms with van der Waals surface area (Å²) in [5.41, 5.74) is 6.26. The lowest BCUT2D eigenvalue weighted by atomic mass is 10.1. The lowest BCUT2D eigenvalue weighted by Gasteiger charge is -2.06. The molecule has 0 saturated heterocycles. The highest BCUT2D eigenvalue weighted by Crippen LogP contribution is 2.11. The van der Waals surface area contributed by atoms with E-state index in [9.17, 15) is 4.79 Å². The summed E-state index contributed by atoms with van der Waals surface area (Å²) in [5, 5.41) is 6.75. The fourth-order valence-corrected chi connectivity index (χ4v) is 1.44. The molecule has 0 aromatic carbocycles. The summed E-state index contributed by atoms with van der Waals surface area (Å²) >= 11 is 0. The van der Waals surface area contributed by atoms with E-state index in [0.717, 1.165) is 5.69 Å². The van der Waals surface area contributed by atoms with Crippen molar-refractivity contribution in [3.63, 3.8) is 0 Å². The van der Waals surface area contributed by atoms with Crippen LogP contribution in [0.1, 0.15) is 35.9 Å². The first-order chi connectivity index (χ1) is 9.60. The number of methoxy groups -OCH3 is 1. The van der Waals surface area contributed by atoms with Gasteiger partial charge in [0.1, 0.15) is 0 Å². The second-order valence-corrected chi connectivity index (χ2v) is 4.36. The van der Waals surface area contributed by atoms with Gasteiger partial charge in [0.05, 0.1) is 7.11 Å². The molecule has 8 nitrogen and oxygen atoms in total. The van der Waals surface area contributed by atoms with Crippen LogP contribution in [0.3, 0.4) is 0 Å². The van der Waals surface area contributed by atoms with Crippen LogP contribution in [-0.4, -0.2) is 33.2 Å². The number of hydrogen-bond donors (Lipinski definition) is 3. The molecule has 0 fully saturated rings. The number of anilines is 1. The number of H-pyrrole nitrogens is 1. The zero-order valence-corrected chi connectivity index (χ0v) is 11.5. The number of rotatable bonds is 5. The van der Waals surface area contributed by atoms with Gasteiger partial charge in [-0.2, -0.15) is 10.1 Å². The van der Waals surface area contributed by atoms with Gasteiger partial charge in [-0.15, -0.1) is 0 Å². The second kappa shape index (κ2) is 6.00. The van der Waals surface area contributed by atoms with Crippen molar-refractivity contribution in [2.24, 2.45) is 0 Å². The van der Waals surface area contributed by atoms with E-state index >= 15 is 0 Å². The fourth-order valence-electron chi connectivity index (χ4n) is 1.44. The Labute approximate surface area is 115 Å². The monoisotopic (exact) mass is 276 g/mol. The third-order valence-corrected chi connectivity index (χ3v) is 2.58. The molecule has 3 N–H and O–H groups in total. The number of nitrogens with zero attached hydrogens (tertiary/aromatic N) is 3. The molecule has 2 aromatic heterocycles. The van der Waals surface area contributed by atoms with Gasteiger partial charge in [0.2, 0.25) is 11.8 Å². The van der Waals surface area contributed by atoms with Gasteiger partial charge >= 0.3 is 0 Å². The molecule has 20 heavy (non-hydrogen) atoms. The first-order valence-electron chi connectivity index (χ1n) is 6.09. The van der Waals surface area contributed by atoms with Crippen molar-refractivity contribution in [2.45, 2.75) is 19.8 Å². The summed E-state index contributed by atoms with van der Waals surface area (Å²) < 4.78 is 4.95. The minimum absolute atomic E-state index is 0.234. The minimum Gasteiger partial charge on any atom is -0.481 e. The average Bonchev–Trinajstić information content (AvgIpc) is 2.95. The highest BCUT2D eigenvalue weighted by molar-refractivity contribution is 5.92. The van der Waals surface area contributed by atoms with E-state index in [1.54, 1.807) is 12.1 Å². The van der Waals surface area contributed by atoms with Crippen molar-refractivity contribution in [2.75, 3.05) is 12.5 Å². The Kier molecular flexibility index (Phi) is 4.14. The standard InChI is InChI=1S/C12H16N6O2/c1-7(2)8-6-9(16-15-8)11(19)17-18-12-13-5-4-10(14-12)20-3/h4-7H,1-3H3,(H,15,16)(H,17,19)(H,13,14,18). The molecule has 2 rings (SSSR count). The zero-order chi connectivity index (χ0) is 14.5. The molecule has 1 amide bonds. The predicted octanol–water partition coefficient (Wildman–Crippen LogP) is 1.09. The van der Waals surface area contributed by atoms with E-state index in [-0.39, 0.29) is 17.8 Å². The number of carbonyl (C=O) groups excluding carboxylic acids is 1. The molecule has 2 heterocycles. The number of ether oxygens (including phenoxy) is 1. The fraction of sp³-hybridized carbons (Fsp3) is 0.333. The summed E-state index contributed by atoms with van der Waals surface area (Å²) in [5.74, 6) is 0.536. The van der Waals surface area contributed by atoms with E-state index < -0.39 is 0 Å². The smallest absolute Gasteiger partial charge is 0.290 e. The Balaban J connectivity index is 1.97.